The molecule has 0 heterocycles. The summed E-state index contributed by atoms with van der Waals surface area (Å²) >= 11 is 6.44. The van der Waals surface area contributed by atoms with Gasteiger partial charge in [0.05, 0.1) is 0 Å². The number of thiol groups is 2. The van der Waals surface area contributed by atoms with Crippen LogP contribution in [0.2, 0.25) is 0 Å². The minimum atomic E-state index is 0. The molecule has 31 valence electrons. The Labute approximate surface area is 59.9 Å². The molecule has 0 aliphatic carbocycles. The van der Waals surface area contributed by atoms with Crippen molar-refractivity contribution in [3.8, 4) is 0 Å². The van der Waals surface area contributed by atoms with Crippen molar-refractivity contribution in [2.75, 3.05) is 0 Å². The molecule has 0 nitrogen and oxygen atoms in total. The van der Waals surface area contributed by atoms with Gasteiger partial charge in [0.25, 0.3) is 0 Å². The molecule has 0 N–H and O–H groups in total. The Hall–Kier alpha value is 1.86. The van der Waals surface area contributed by atoms with Crippen LogP contribution in [-0.4, -0.2) is 19.8 Å². The second-order valence-electron chi connectivity index (χ2n) is 0. The van der Waals surface area contributed by atoms with Crippen molar-refractivity contribution >= 4 is 43.1 Å². The van der Waals surface area contributed by atoms with Crippen LogP contribution < -0.4 is 0 Å². The zero-order valence-electron chi connectivity index (χ0n) is 1.20. The van der Waals surface area contributed by atoms with Crippen LogP contribution in [0.3, 0.4) is 0 Å². The molecule has 0 aromatic heterocycles. The number of hydrogen-bond donors (Lipinski definition) is 2. The van der Waals surface area contributed by atoms with Crippen molar-refractivity contribution < 1.29 is 17.1 Å². The summed E-state index contributed by atoms with van der Waals surface area (Å²) in [4.78, 5) is 0. The van der Waals surface area contributed by atoms with Crippen LogP contribution in [0.1, 0.15) is 0 Å². The maximum atomic E-state index is 3.22. The summed E-state index contributed by atoms with van der Waals surface area (Å²) < 4.78 is 0. The topological polar surface area (TPSA) is 0 Å². The van der Waals surface area contributed by atoms with Gasteiger partial charge < -0.3 is 0 Å². The monoisotopic (exact) mass is 201 g/mol. The fourth-order valence-corrected chi connectivity index (χ4v) is 0. The summed E-state index contributed by atoms with van der Waals surface area (Å²) in [6.45, 7) is 0. The molecule has 1 radical (unpaired) electrons. The van der Waals surface area contributed by atoms with Gasteiger partial charge >= 0.3 is 19.8 Å². The van der Waals surface area contributed by atoms with Gasteiger partial charge in [-0.25, -0.2) is 0 Å². The van der Waals surface area contributed by atoms with Crippen LogP contribution in [0.5, 0.6) is 0 Å². The van der Waals surface area contributed by atoms with Gasteiger partial charge in [0.2, 0.25) is 0 Å². The van der Waals surface area contributed by atoms with Crippen LogP contribution in [-0.2, 0) is 17.1 Å². The third-order valence-electron chi connectivity index (χ3n) is 0. The first-order valence-corrected chi connectivity index (χ1v) is 1.80. The Morgan fingerprint density at radius 1 is 1.00 bits per heavy atom. The van der Waals surface area contributed by atoms with E-state index in [1.165, 1.54) is 0 Å². The average Bonchev–Trinajstić information content (AvgIpc) is 1.00. The normalized spacial score (nSPS) is 1.50. The molecular weight excluding hydrogens is 197 g/mol. The molecule has 0 atom stereocenters. The van der Waals surface area contributed by atoms with Gasteiger partial charge in [0.1, 0.15) is 0 Å². The van der Waals surface area contributed by atoms with Gasteiger partial charge in [-0.3, -0.25) is 0 Å². The van der Waals surface area contributed by atoms with E-state index < -0.39 is 0 Å². The first kappa shape index (κ1) is 16.9. The Morgan fingerprint density at radius 2 is 1.00 bits per heavy atom. The Balaban J connectivity index is -0.00000000500. The molecule has 0 spiro atoms. The molecule has 4 heavy (non-hydrogen) atoms. The first-order chi connectivity index (χ1) is 1.00. The molecule has 0 fully saturated rings. The van der Waals surface area contributed by atoms with E-state index in [0.717, 1.165) is 0 Å². The Morgan fingerprint density at radius 3 is 1.00 bits per heavy atom. The molecule has 0 aromatic carbocycles. The van der Waals surface area contributed by atoms with Crippen LogP contribution in [0.4, 0.5) is 0 Å². The molecule has 0 saturated carbocycles. The maximum absolute atomic E-state index is 3.22. The first-order valence-electron chi connectivity index (χ1n) is 0.200. The third-order valence-corrected chi connectivity index (χ3v) is 0. The summed E-state index contributed by atoms with van der Waals surface area (Å²) in [6, 6.07) is 0. The second kappa shape index (κ2) is 21.0. The van der Waals surface area contributed by atoms with E-state index in [1.807, 2.05) is 0 Å². The summed E-state index contributed by atoms with van der Waals surface area (Å²) in [5, 5.41) is 0. The molecule has 0 saturated heterocycles. The number of rotatable bonds is 0. The van der Waals surface area contributed by atoms with E-state index in [0.29, 0.717) is 0 Å². The van der Waals surface area contributed by atoms with Crippen molar-refractivity contribution in [3.05, 3.63) is 0 Å². The van der Waals surface area contributed by atoms with Crippen molar-refractivity contribution in [1.29, 1.82) is 0 Å². The van der Waals surface area contributed by atoms with Crippen molar-refractivity contribution in [3.63, 3.8) is 0 Å². The van der Waals surface area contributed by atoms with E-state index in [-0.39, 0.29) is 36.9 Å². The van der Waals surface area contributed by atoms with Gasteiger partial charge in [0, 0.05) is 17.1 Å². The molecule has 0 bridgehead atoms. The van der Waals surface area contributed by atoms with Crippen molar-refractivity contribution in [2.24, 2.45) is 0 Å². The predicted molar refractivity (Wildman–Crippen MR) is 27.9 cm³/mol. The predicted octanol–water partition coefficient (Wildman–Crippen LogP) is -0.425. The van der Waals surface area contributed by atoms with E-state index in [2.05, 4.69) is 23.3 Å². The average molecular weight is 202 g/mol. The zero-order valence-corrected chi connectivity index (χ0v) is 3.93. The fraction of sp³-hybridized carbons (Fsp3) is 0. The Kier molecular flexibility index (Phi) is 88.7. The van der Waals surface area contributed by atoms with Crippen LogP contribution in [0, 0.1) is 0 Å². The zero-order chi connectivity index (χ0) is 2.00. The summed E-state index contributed by atoms with van der Waals surface area (Å²) in [5.74, 6) is 0. The molecule has 0 aliphatic heterocycles. The van der Waals surface area contributed by atoms with Gasteiger partial charge in [-0.15, -0.1) is 23.3 Å². The van der Waals surface area contributed by atoms with Gasteiger partial charge in [-0.05, 0) is 0 Å². The SMILES string of the molecule is SS.[Cu].[GaH3]. The van der Waals surface area contributed by atoms with Gasteiger partial charge in [-0.2, -0.15) is 0 Å². The standard InChI is InChI=1S/Cu.Ga.H2S2.3H/c;;1-2;;;/h;;1-2H;;;. The third kappa shape index (κ3) is 9.13. The van der Waals surface area contributed by atoms with E-state index >= 15 is 0 Å². The second-order valence-corrected chi connectivity index (χ2v) is 0. The fourth-order valence-electron chi connectivity index (χ4n) is 0. The van der Waals surface area contributed by atoms with E-state index in [4.69, 9.17) is 0 Å². The van der Waals surface area contributed by atoms with Crippen molar-refractivity contribution in [2.45, 2.75) is 0 Å². The molecule has 0 unspecified atom stereocenters. The molecule has 0 aliphatic rings. The van der Waals surface area contributed by atoms with Crippen LogP contribution in [0.15, 0.2) is 0 Å². The van der Waals surface area contributed by atoms with Gasteiger partial charge in [0.15, 0.2) is 0 Å². The summed E-state index contributed by atoms with van der Waals surface area (Å²) in [6.07, 6.45) is 0. The molecule has 4 heteroatoms. The van der Waals surface area contributed by atoms with Crippen LogP contribution in [0.25, 0.3) is 0 Å². The van der Waals surface area contributed by atoms with E-state index in [1.54, 1.807) is 0 Å². The molecule has 0 amide bonds. The Bertz CT molecular complexity index is 6.00. The minimum absolute atomic E-state index is 0. The summed E-state index contributed by atoms with van der Waals surface area (Å²) in [7, 11) is 0. The molecule has 0 aromatic rings. The van der Waals surface area contributed by atoms with Crippen molar-refractivity contribution in [1.82, 2.24) is 0 Å². The summed E-state index contributed by atoms with van der Waals surface area (Å²) in [5.41, 5.74) is 0. The van der Waals surface area contributed by atoms with E-state index in [9.17, 15) is 0 Å². The van der Waals surface area contributed by atoms with Crippen LogP contribution >= 0.6 is 23.3 Å². The quantitative estimate of drug-likeness (QED) is 0.297. The molecule has 0 rings (SSSR count). The van der Waals surface area contributed by atoms with Gasteiger partial charge in [-0.1, -0.05) is 0 Å². The molecular formula is H5CuGaS2. The number of hydrogen-bond acceptors (Lipinski definition) is 2.